The van der Waals surface area contributed by atoms with Gasteiger partial charge in [-0.3, -0.25) is 9.59 Å². The van der Waals surface area contributed by atoms with Crippen molar-refractivity contribution in [1.29, 1.82) is 0 Å². The fourth-order valence-electron chi connectivity index (χ4n) is 0.957. The molecule has 1 atom stereocenters. The minimum absolute atomic E-state index is 0.0176. The van der Waals surface area contributed by atoms with Gasteiger partial charge in [-0.15, -0.1) is 0 Å². The lowest BCUT2D eigenvalue weighted by Gasteiger charge is -2.13. The summed E-state index contributed by atoms with van der Waals surface area (Å²) >= 11 is 0. The Hall–Kier alpha value is -1.86. The number of carbonyl (C=O) groups is 3. The van der Waals surface area contributed by atoms with Crippen LogP contribution in [0.25, 0.3) is 0 Å². The van der Waals surface area contributed by atoms with Crippen LogP contribution in [0, 0.1) is 5.92 Å². The molecule has 0 aliphatic carbocycles. The third kappa shape index (κ3) is 4.98. The number of ketones is 1. The number of alkyl halides is 3. The molecule has 0 aliphatic rings. The summed E-state index contributed by atoms with van der Waals surface area (Å²) in [4.78, 5) is 32.2. The van der Waals surface area contributed by atoms with Crippen molar-refractivity contribution in [3.63, 3.8) is 0 Å². The van der Waals surface area contributed by atoms with Gasteiger partial charge in [0.1, 0.15) is 5.92 Å². The second-order valence-electron chi connectivity index (χ2n) is 3.46. The Morgan fingerprint density at radius 2 is 1.83 bits per heavy atom. The topological polar surface area (TPSA) is 80.7 Å². The van der Waals surface area contributed by atoms with Crippen LogP contribution in [-0.2, 0) is 19.1 Å². The fourth-order valence-corrected chi connectivity index (χ4v) is 0.957. The molecule has 0 bridgehead atoms. The van der Waals surface area contributed by atoms with E-state index in [0.29, 0.717) is 0 Å². The van der Waals surface area contributed by atoms with Gasteiger partial charge in [0, 0.05) is 12.0 Å². The number of hydrogen-bond acceptors (Lipinski definition) is 4. The Balaban J connectivity index is 4.49. The first-order valence-electron chi connectivity index (χ1n) is 4.73. The van der Waals surface area contributed by atoms with Crippen molar-refractivity contribution < 1.29 is 37.4 Å². The van der Waals surface area contributed by atoms with Crippen molar-refractivity contribution in [2.24, 2.45) is 5.92 Å². The van der Waals surface area contributed by atoms with Gasteiger partial charge in [-0.2, -0.15) is 13.2 Å². The van der Waals surface area contributed by atoms with E-state index < -0.39 is 42.8 Å². The second kappa shape index (κ2) is 6.18. The average molecular weight is 268 g/mol. The van der Waals surface area contributed by atoms with Gasteiger partial charge in [0.15, 0.2) is 0 Å². The van der Waals surface area contributed by atoms with Crippen LogP contribution in [0.3, 0.4) is 0 Å². The highest BCUT2D eigenvalue weighted by molar-refractivity contribution is 6.01. The zero-order valence-corrected chi connectivity index (χ0v) is 9.41. The summed E-state index contributed by atoms with van der Waals surface area (Å²) in [5.41, 5.74) is 0.0176. The SMILES string of the molecule is C=C(C)C(=O)OCCC(C(=O)O)C(=O)C(F)(F)F. The largest absolute Gasteiger partial charge is 0.481 e. The number of Topliss-reactive ketones (excluding diaryl/α,β-unsaturated/α-hetero) is 1. The van der Waals surface area contributed by atoms with E-state index in [9.17, 15) is 27.6 Å². The van der Waals surface area contributed by atoms with E-state index in [1.54, 1.807) is 0 Å². The van der Waals surface area contributed by atoms with Gasteiger partial charge in [-0.25, -0.2) is 4.79 Å². The summed E-state index contributed by atoms with van der Waals surface area (Å²) in [6.45, 7) is 3.94. The molecule has 0 aromatic rings. The predicted octanol–water partition coefficient (Wildman–Crippen LogP) is 1.33. The predicted molar refractivity (Wildman–Crippen MR) is 52.6 cm³/mol. The van der Waals surface area contributed by atoms with Crippen LogP contribution < -0.4 is 0 Å². The Kier molecular flexibility index (Phi) is 5.54. The van der Waals surface area contributed by atoms with Gasteiger partial charge in [0.2, 0.25) is 0 Å². The maximum Gasteiger partial charge on any atom is 0.450 e. The van der Waals surface area contributed by atoms with Crippen molar-refractivity contribution >= 4 is 17.7 Å². The highest BCUT2D eigenvalue weighted by Crippen LogP contribution is 2.23. The number of carbonyl (C=O) groups excluding carboxylic acids is 2. The van der Waals surface area contributed by atoms with Gasteiger partial charge >= 0.3 is 18.1 Å². The molecule has 0 heterocycles. The van der Waals surface area contributed by atoms with Crippen LogP contribution in [-0.4, -0.2) is 35.6 Å². The third-order valence-corrected chi connectivity index (χ3v) is 1.88. The van der Waals surface area contributed by atoms with Gasteiger partial charge in [0.25, 0.3) is 5.78 Å². The standard InChI is InChI=1S/C10H11F3O5/c1-5(2)9(17)18-4-3-6(8(15)16)7(14)10(11,12)13/h6H,1,3-4H2,2H3,(H,15,16). The minimum Gasteiger partial charge on any atom is -0.481 e. The molecule has 8 heteroatoms. The van der Waals surface area contributed by atoms with Crippen molar-refractivity contribution in [3.05, 3.63) is 12.2 Å². The minimum atomic E-state index is -5.23. The molecule has 0 saturated carbocycles. The molecular weight excluding hydrogens is 257 g/mol. The normalized spacial score (nSPS) is 12.7. The molecule has 0 spiro atoms. The quantitative estimate of drug-likeness (QED) is 0.446. The summed E-state index contributed by atoms with van der Waals surface area (Å²) in [5.74, 6) is -7.42. The number of carboxylic acids is 1. The maximum atomic E-state index is 12.0. The van der Waals surface area contributed by atoms with Crippen molar-refractivity contribution in [2.45, 2.75) is 19.5 Å². The van der Waals surface area contributed by atoms with Crippen molar-refractivity contribution in [3.8, 4) is 0 Å². The number of rotatable bonds is 6. The summed E-state index contributed by atoms with van der Waals surface area (Å²) in [7, 11) is 0. The number of halogens is 3. The van der Waals surface area contributed by atoms with Crippen LogP contribution >= 0.6 is 0 Å². The van der Waals surface area contributed by atoms with Gasteiger partial charge in [0.05, 0.1) is 6.61 Å². The van der Waals surface area contributed by atoms with Crippen molar-refractivity contribution in [2.75, 3.05) is 6.61 Å². The summed E-state index contributed by atoms with van der Waals surface area (Å²) in [6.07, 6.45) is -5.98. The summed E-state index contributed by atoms with van der Waals surface area (Å²) in [6, 6.07) is 0. The molecule has 18 heavy (non-hydrogen) atoms. The van der Waals surface area contributed by atoms with E-state index >= 15 is 0 Å². The molecule has 0 amide bonds. The zero-order chi connectivity index (χ0) is 14.5. The first-order valence-corrected chi connectivity index (χ1v) is 4.73. The summed E-state index contributed by atoms with van der Waals surface area (Å²) < 4.78 is 40.5. The van der Waals surface area contributed by atoms with E-state index in [1.807, 2.05) is 0 Å². The molecule has 0 rings (SSSR count). The number of ether oxygens (including phenoxy) is 1. The first-order chi connectivity index (χ1) is 8.07. The van der Waals surface area contributed by atoms with E-state index in [-0.39, 0.29) is 5.57 Å². The Labute approximate surface area is 100 Å². The van der Waals surface area contributed by atoms with E-state index in [1.165, 1.54) is 6.92 Å². The highest BCUT2D eigenvalue weighted by Gasteiger charge is 2.46. The zero-order valence-electron chi connectivity index (χ0n) is 9.41. The van der Waals surface area contributed by atoms with Crippen LogP contribution in [0.4, 0.5) is 13.2 Å². The van der Waals surface area contributed by atoms with Gasteiger partial charge in [-0.1, -0.05) is 6.58 Å². The average Bonchev–Trinajstić information content (AvgIpc) is 2.21. The molecule has 5 nitrogen and oxygen atoms in total. The lowest BCUT2D eigenvalue weighted by atomic mass is 10.0. The molecule has 102 valence electrons. The number of hydrogen-bond donors (Lipinski definition) is 1. The van der Waals surface area contributed by atoms with Crippen molar-refractivity contribution in [1.82, 2.24) is 0 Å². The number of esters is 1. The molecule has 0 fully saturated rings. The molecule has 0 radical (unpaired) electrons. The van der Waals surface area contributed by atoms with Gasteiger partial charge in [-0.05, 0) is 6.92 Å². The Morgan fingerprint density at radius 1 is 1.33 bits per heavy atom. The molecule has 0 aliphatic heterocycles. The van der Waals surface area contributed by atoms with Gasteiger partial charge < -0.3 is 9.84 Å². The molecule has 0 saturated heterocycles. The maximum absolute atomic E-state index is 12.0. The van der Waals surface area contributed by atoms with E-state index in [0.717, 1.165) is 0 Å². The first kappa shape index (κ1) is 16.1. The third-order valence-electron chi connectivity index (χ3n) is 1.88. The van der Waals surface area contributed by atoms with Crippen LogP contribution in [0.5, 0.6) is 0 Å². The monoisotopic (exact) mass is 268 g/mol. The molecule has 1 N–H and O–H groups in total. The number of aliphatic carboxylic acids is 1. The lowest BCUT2D eigenvalue weighted by Crippen LogP contribution is -2.36. The molecule has 0 aromatic carbocycles. The second-order valence-corrected chi connectivity index (χ2v) is 3.46. The summed E-state index contributed by atoms with van der Waals surface area (Å²) in [5, 5.41) is 8.50. The lowest BCUT2D eigenvalue weighted by molar-refractivity contribution is -0.180. The van der Waals surface area contributed by atoms with E-state index in [4.69, 9.17) is 5.11 Å². The highest BCUT2D eigenvalue weighted by atomic mass is 19.4. The Bertz CT molecular complexity index is 372. The van der Waals surface area contributed by atoms with E-state index in [2.05, 4.69) is 11.3 Å². The fraction of sp³-hybridized carbons (Fsp3) is 0.500. The molecule has 1 unspecified atom stereocenters. The molecule has 0 aromatic heterocycles. The Morgan fingerprint density at radius 3 is 2.17 bits per heavy atom. The smallest absolute Gasteiger partial charge is 0.450 e. The number of carboxylic acid groups (broad SMARTS) is 1. The van der Waals surface area contributed by atoms with Crippen LogP contribution in [0.1, 0.15) is 13.3 Å². The molecular formula is C10H11F3O5. The van der Waals surface area contributed by atoms with Crippen LogP contribution in [0.2, 0.25) is 0 Å². The van der Waals surface area contributed by atoms with Crippen LogP contribution in [0.15, 0.2) is 12.2 Å².